The Labute approximate surface area is 211 Å². The number of para-hydroxylation sites is 1. The van der Waals surface area contributed by atoms with E-state index in [0.29, 0.717) is 29.9 Å². The van der Waals surface area contributed by atoms with E-state index in [1.807, 2.05) is 4.90 Å². The molecule has 2 aromatic carbocycles. The second-order valence-electron chi connectivity index (χ2n) is 9.00. The van der Waals surface area contributed by atoms with E-state index >= 15 is 0 Å². The van der Waals surface area contributed by atoms with Crippen LogP contribution in [0.15, 0.2) is 53.4 Å². The maximum Gasteiger partial charge on any atom is 0.240 e. The van der Waals surface area contributed by atoms with Gasteiger partial charge in [-0.3, -0.25) is 9.69 Å². The van der Waals surface area contributed by atoms with Crippen LogP contribution in [0.25, 0.3) is 0 Å². The van der Waals surface area contributed by atoms with Gasteiger partial charge in [0.15, 0.2) is 11.6 Å². The zero-order chi connectivity index (χ0) is 24.8. The highest BCUT2D eigenvalue weighted by Crippen LogP contribution is 2.25. The van der Waals surface area contributed by atoms with E-state index < -0.39 is 10.0 Å². The smallest absolute Gasteiger partial charge is 0.240 e. The number of nitrogens with zero attached hydrogens (tertiary/aromatic N) is 2. The molecule has 2 aliphatic rings. The summed E-state index contributed by atoms with van der Waals surface area (Å²) in [5, 5.41) is 0.341. The van der Waals surface area contributed by atoms with Gasteiger partial charge in [-0.25, -0.2) is 17.5 Å². The third kappa shape index (κ3) is 6.94. The minimum absolute atomic E-state index is 0.0144. The molecule has 190 valence electrons. The standard InChI is InChI=1S/C25H31ClFN3O4S/c26-19-4-3-5-22(18-19)35(32,33)28-13-8-25(31)30-14-9-20(10-15-30)29-16-11-21(12-17-29)34-24-7-2-1-6-23(24)27/h1-7,18,20-21,28H,8-17H2. The lowest BCUT2D eigenvalue weighted by molar-refractivity contribution is -0.132. The number of benzene rings is 2. The van der Waals surface area contributed by atoms with Crippen molar-refractivity contribution in [3.05, 3.63) is 59.4 Å². The van der Waals surface area contributed by atoms with Crippen molar-refractivity contribution in [3.63, 3.8) is 0 Å². The van der Waals surface area contributed by atoms with Gasteiger partial charge in [0.25, 0.3) is 0 Å². The summed E-state index contributed by atoms with van der Waals surface area (Å²) in [6.07, 6.45) is 3.60. The third-order valence-electron chi connectivity index (χ3n) is 6.68. The Morgan fingerprint density at radius 2 is 1.74 bits per heavy atom. The van der Waals surface area contributed by atoms with Crippen molar-refractivity contribution in [2.75, 3.05) is 32.7 Å². The maximum atomic E-state index is 13.8. The summed E-state index contributed by atoms with van der Waals surface area (Å²) < 4.78 is 46.9. The van der Waals surface area contributed by atoms with Gasteiger partial charge in [-0.15, -0.1) is 0 Å². The Bertz CT molecular complexity index is 1120. The first-order valence-electron chi connectivity index (χ1n) is 12.0. The van der Waals surface area contributed by atoms with Crippen LogP contribution in [0.4, 0.5) is 4.39 Å². The molecule has 0 unspecified atom stereocenters. The molecular formula is C25H31ClFN3O4S. The fraction of sp³-hybridized carbons (Fsp3) is 0.480. The van der Waals surface area contributed by atoms with E-state index in [9.17, 15) is 17.6 Å². The number of nitrogens with one attached hydrogen (secondary N) is 1. The van der Waals surface area contributed by atoms with Gasteiger partial charge in [0.05, 0.1) is 4.90 Å². The molecule has 0 aromatic heterocycles. The van der Waals surface area contributed by atoms with Crippen LogP contribution in [0.1, 0.15) is 32.1 Å². The normalized spacial score (nSPS) is 18.5. The molecule has 0 spiro atoms. The van der Waals surface area contributed by atoms with Crippen LogP contribution in [0.2, 0.25) is 5.02 Å². The number of hydrogen-bond acceptors (Lipinski definition) is 5. The van der Waals surface area contributed by atoms with Gasteiger partial charge >= 0.3 is 0 Å². The Morgan fingerprint density at radius 3 is 2.43 bits per heavy atom. The van der Waals surface area contributed by atoms with Crippen molar-refractivity contribution in [2.24, 2.45) is 0 Å². The molecule has 0 saturated carbocycles. The summed E-state index contributed by atoms with van der Waals surface area (Å²) in [6, 6.07) is 12.9. The van der Waals surface area contributed by atoms with E-state index in [0.717, 1.165) is 38.8 Å². The number of carbonyl (C=O) groups excluding carboxylic acids is 1. The van der Waals surface area contributed by atoms with Crippen molar-refractivity contribution < 1.29 is 22.3 Å². The summed E-state index contributed by atoms with van der Waals surface area (Å²) in [7, 11) is -3.70. The molecule has 0 atom stereocenters. The second-order valence-corrected chi connectivity index (χ2v) is 11.2. The number of hydrogen-bond donors (Lipinski definition) is 1. The number of sulfonamides is 1. The van der Waals surface area contributed by atoms with Crippen molar-refractivity contribution in [2.45, 2.75) is 49.1 Å². The molecule has 7 nitrogen and oxygen atoms in total. The van der Waals surface area contributed by atoms with E-state index in [1.165, 1.54) is 18.2 Å². The first-order chi connectivity index (χ1) is 16.8. The molecule has 2 fully saturated rings. The van der Waals surface area contributed by atoms with Gasteiger partial charge < -0.3 is 9.64 Å². The van der Waals surface area contributed by atoms with Crippen LogP contribution >= 0.6 is 11.6 Å². The van der Waals surface area contributed by atoms with Gasteiger partial charge in [0.2, 0.25) is 15.9 Å². The van der Waals surface area contributed by atoms with Crippen LogP contribution in [0, 0.1) is 5.82 Å². The van der Waals surface area contributed by atoms with E-state index in [1.54, 1.807) is 30.3 Å². The topological polar surface area (TPSA) is 79.0 Å². The fourth-order valence-corrected chi connectivity index (χ4v) is 6.06. The molecule has 0 radical (unpaired) electrons. The van der Waals surface area contributed by atoms with Gasteiger partial charge in [0.1, 0.15) is 6.10 Å². The average molecular weight is 524 g/mol. The molecule has 0 bridgehead atoms. The summed E-state index contributed by atoms with van der Waals surface area (Å²) in [5.74, 6) is -0.0638. The number of likely N-dealkylation sites (tertiary alicyclic amines) is 2. The Hall–Kier alpha value is -2.20. The largest absolute Gasteiger partial charge is 0.487 e. The zero-order valence-corrected chi connectivity index (χ0v) is 21.1. The maximum absolute atomic E-state index is 13.8. The van der Waals surface area contributed by atoms with Crippen molar-refractivity contribution in [1.82, 2.24) is 14.5 Å². The fourth-order valence-electron chi connectivity index (χ4n) is 4.73. The predicted octanol–water partition coefficient (Wildman–Crippen LogP) is 3.68. The quantitative estimate of drug-likeness (QED) is 0.571. The van der Waals surface area contributed by atoms with Crippen LogP contribution < -0.4 is 9.46 Å². The highest BCUT2D eigenvalue weighted by atomic mass is 35.5. The predicted molar refractivity (Wildman–Crippen MR) is 132 cm³/mol. The Kier molecular flexibility index (Phi) is 8.64. The van der Waals surface area contributed by atoms with Crippen molar-refractivity contribution >= 4 is 27.5 Å². The molecule has 2 saturated heterocycles. The molecule has 2 aromatic rings. The Morgan fingerprint density at radius 1 is 1.03 bits per heavy atom. The molecule has 1 N–H and O–H groups in total. The van der Waals surface area contributed by atoms with Gasteiger partial charge in [-0.1, -0.05) is 29.8 Å². The third-order valence-corrected chi connectivity index (χ3v) is 8.37. The second kappa shape index (κ2) is 11.7. The lowest BCUT2D eigenvalue weighted by atomic mass is 9.98. The molecule has 2 heterocycles. The number of rotatable bonds is 8. The summed E-state index contributed by atoms with van der Waals surface area (Å²) >= 11 is 5.87. The number of carbonyl (C=O) groups is 1. The van der Waals surface area contributed by atoms with Gasteiger partial charge in [-0.2, -0.15) is 0 Å². The lowest BCUT2D eigenvalue weighted by Crippen LogP contribution is -2.50. The number of halogens is 2. The lowest BCUT2D eigenvalue weighted by Gasteiger charge is -2.41. The van der Waals surface area contributed by atoms with Crippen LogP contribution in [-0.2, 0) is 14.8 Å². The van der Waals surface area contributed by atoms with Crippen LogP contribution in [0.3, 0.4) is 0 Å². The van der Waals surface area contributed by atoms with Gasteiger partial charge in [0, 0.05) is 50.2 Å². The first-order valence-corrected chi connectivity index (χ1v) is 13.9. The van der Waals surface area contributed by atoms with Crippen molar-refractivity contribution in [3.8, 4) is 5.75 Å². The molecule has 1 amide bonds. The summed E-state index contributed by atoms with van der Waals surface area (Å²) in [5.41, 5.74) is 0. The zero-order valence-electron chi connectivity index (χ0n) is 19.5. The molecule has 0 aliphatic carbocycles. The number of piperidine rings is 2. The molecule has 4 rings (SSSR count). The van der Waals surface area contributed by atoms with Crippen LogP contribution in [-0.4, -0.2) is 69.0 Å². The minimum atomic E-state index is -3.70. The molecular weight excluding hydrogens is 493 g/mol. The van der Waals surface area contributed by atoms with E-state index in [4.69, 9.17) is 16.3 Å². The molecule has 35 heavy (non-hydrogen) atoms. The highest BCUT2D eigenvalue weighted by molar-refractivity contribution is 7.89. The molecule has 10 heteroatoms. The summed E-state index contributed by atoms with van der Waals surface area (Å²) in [6.45, 7) is 3.15. The monoisotopic (exact) mass is 523 g/mol. The number of amides is 1. The first kappa shape index (κ1) is 25.9. The molecule has 2 aliphatic heterocycles. The summed E-state index contributed by atoms with van der Waals surface area (Å²) in [4.78, 5) is 17.0. The van der Waals surface area contributed by atoms with Crippen molar-refractivity contribution in [1.29, 1.82) is 0 Å². The number of ether oxygens (including phenoxy) is 1. The van der Waals surface area contributed by atoms with E-state index in [2.05, 4.69) is 9.62 Å². The SMILES string of the molecule is O=C(CCNS(=O)(=O)c1cccc(Cl)c1)N1CCC(N2CCC(Oc3ccccc3F)CC2)CC1. The average Bonchev–Trinajstić information content (AvgIpc) is 2.86. The van der Waals surface area contributed by atoms with Crippen LogP contribution in [0.5, 0.6) is 5.75 Å². The van der Waals surface area contributed by atoms with Gasteiger partial charge in [-0.05, 0) is 56.0 Å². The van der Waals surface area contributed by atoms with E-state index in [-0.39, 0.29) is 35.7 Å². The Balaban J connectivity index is 1.16. The highest BCUT2D eigenvalue weighted by Gasteiger charge is 2.30. The minimum Gasteiger partial charge on any atom is -0.487 e.